The Bertz CT molecular complexity index is 564. The second-order valence-electron chi connectivity index (χ2n) is 3.13. The third-order valence-electron chi connectivity index (χ3n) is 1.89. The lowest BCUT2D eigenvalue weighted by molar-refractivity contribution is 0.956. The molecule has 2 aromatic heterocycles. The van der Waals surface area contributed by atoms with Gasteiger partial charge in [0.1, 0.15) is 0 Å². The van der Waals surface area contributed by atoms with E-state index in [-0.39, 0.29) is 0 Å². The second kappa shape index (κ2) is 7.16. The molecule has 0 amide bonds. The minimum atomic E-state index is 0.405. The monoisotopic (exact) mass is 313 g/mol. The van der Waals surface area contributed by atoms with Crippen molar-refractivity contribution < 1.29 is 0 Å². The fourth-order valence-corrected chi connectivity index (χ4v) is 4.46. The van der Waals surface area contributed by atoms with Crippen molar-refractivity contribution in [1.29, 1.82) is 0 Å². The molecule has 2 heterocycles. The topological polar surface area (TPSA) is 51.8 Å². The number of rotatable bonds is 4. The van der Waals surface area contributed by atoms with Gasteiger partial charge in [-0.25, -0.2) is 0 Å². The molecule has 0 bridgehead atoms. The summed E-state index contributed by atoms with van der Waals surface area (Å²) in [5, 5.41) is 10.3. The van der Waals surface area contributed by atoms with Crippen LogP contribution in [0.2, 0.25) is 0 Å². The Morgan fingerprint density at radius 2 is 2.22 bits per heavy atom. The summed E-state index contributed by atoms with van der Waals surface area (Å²) in [6, 6.07) is 2.11. The van der Waals surface area contributed by atoms with Crippen LogP contribution in [0.15, 0.2) is 20.1 Å². The Kier molecular flexibility index (Phi) is 5.53. The van der Waals surface area contributed by atoms with E-state index in [1.54, 1.807) is 46.2 Å². The molecule has 0 saturated carbocycles. The predicted molar refractivity (Wildman–Crippen MR) is 81.5 cm³/mol. The lowest BCUT2D eigenvalue weighted by atomic mass is 10.3. The predicted octanol–water partition coefficient (Wildman–Crippen LogP) is 2.92. The largest absolute Gasteiger partial charge is 0.320 e. The van der Waals surface area contributed by atoms with E-state index < -0.39 is 0 Å². The van der Waals surface area contributed by atoms with Crippen LogP contribution in [0, 0.1) is 11.8 Å². The lowest BCUT2D eigenvalue weighted by Gasteiger charge is -1.91. The quantitative estimate of drug-likeness (QED) is 0.695. The van der Waals surface area contributed by atoms with Crippen LogP contribution in [0.3, 0.4) is 0 Å². The van der Waals surface area contributed by atoms with E-state index in [0.29, 0.717) is 6.54 Å². The molecule has 0 spiro atoms. The SMILES string of the molecule is CSc1nnc(SCc2cc(C#CCN)cs2)s1. The molecule has 0 aliphatic carbocycles. The standard InChI is InChI=1S/C11H11N3S4/c1-15-10-13-14-11(18-10)17-7-9-5-8(6-16-9)3-2-4-12/h5-6H,4,7,12H2,1H3. The third kappa shape index (κ3) is 4.00. The maximum Gasteiger partial charge on any atom is 0.175 e. The summed E-state index contributed by atoms with van der Waals surface area (Å²) in [5.74, 6) is 6.81. The fraction of sp³-hybridized carbons (Fsp3) is 0.273. The highest BCUT2D eigenvalue weighted by Gasteiger charge is 2.05. The summed E-state index contributed by atoms with van der Waals surface area (Å²) in [4.78, 5) is 1.29. The highest BCUT2D eigenvalue weighted by atomic mass is 32.2. The fourth-order valence-electron chi connectivity index (χ4n) is 1.15. The minimum absolute atomic E-state index is 0.405. The highest BCUT2D eigenvalue weighted by molar-refractivity contribution is 8.02. The molecule has 2 N–H and O–H groups in total. The summed E-state index contributed by atoms with van der Waals surface area (Å²) in [6.07, 6.45) is 2.01. The van der Waals surface area contributed by atoms with Gasteiger partial charge in [-0.2, -0.15) is 0 Å². The van der Waals surface area contributed by atoms with E-state index in [1.165, 1.54) is 4.88 Å². The first-order chi connectivity index (χ1) is 8.81. The summed E-state index contributed by atoms with van der Waals surface area (Å²) in [6.45, 7) is 0.405. The van der Waals surface area contributed by atoms with Crippen molar-refractivity contribution in [2.24, 2.45) is 5.73 Å². The van der Waals surface area contributed by atoms with Gasteiger partial charge in [-0.05, 0) is 12.3 Å². The number of hydrogen-bond acceptors (Lipinski definition) is 7. The van der Waals surface area contributed by atoms with E-state index in [2.05, 4.69) is 33.5 Å². The van der Waals surface area contributed by atoms with E-state index in [1.807, 2.05) is 6.26 Å². The smallest absolute Gasteiger partial charge is 0.175 e. The van der Waals surface area contributed by atoms with Crippen LogP contribution in [0.25, 0.3) is 0 Å². The Balaban J connectivity index is 1.91. The molecule has 2 aromatic rings. The van der Waals surface area contributed by atoms with Crippen LogP contribution >= 0.6 is 46.2 Å². The maximum atomic E-state index is 5.34. The Morgan fingerprint density at radius 1 is 1.39 bits per heavy atom. The average molecular weight is 313 g/mol. The first kappa shape index (κ1) is 13.9. The zero-order chi connectivity index (χ0) is 12.8. The van der Waals surface area contributed by atoms with Gasteiger partial charge in [0.15, 0.2) is 8.68 Å². The highest BCUT2D eigenvalue weighted by Crippen LogP contribution is 2.31. The lowest BCUT2D eigenvalue weighted by Crippen LogP contribution is -1.92. The number of nitrogens with two attached hydrogens (primary N) is 1. The van der Waals surface area contributed by atoms with Crippen LogP contribution in [-0.4, -0.2) is 23.0 Å². The van der Waals surface area contributed by atoms with Crippen LogP contribution in [0.5, 0.6) is 0 Å². The molecule has 0 saturated heterocycles. The molecular formula is C11H11N3S4. The van der Waals surface area contributed by atoms with Crippen molar-refractivity contribution >= 4 is 46.2 Å². The van der Waals surface area contributed by atoms with Crippen LogP contribution in [0.1, 0.15) is 10.4 Å². The van der Waals surface area contributed by atoms with Gasteiger partial charge in [-0.3, -0.25) is 0 Å². The number of aromatic nitrogens is 2. The number of thiophene rings is 1. The van der Waals surface area contributed by atoms with Gasteiger partial charge in [-0.1, -0.05) is 46.7 Å². The Hall–Kier alpha value is -0.520. The molecule has 2 rings (SSSR count). The molecule has 7 heteroatoms. The molecule has 0 atom stereocenters. The van der Waals surface area contributed by atoms with Gasteiger partial charge in [0.2, 0.25) is 0 Å². The van der Waals surface area contributed by atoms with Crippen molar-refractivity contribution in [2.45, 2.75) is 14.4 Å². The van der Waals surface area contributed by atoms with E-state index in [9.17, 15) is 0 Å². The van der Waals surface area contributed by atoms with Gasteiger partial charge in [0.05, 0.1) is 6.54 Å². The van der Waals surface area contributed by atoms with Crippen molar-refractivity contribution in [2.75, 3.05) is 12.8 Å². The Morgan fingerprint density at radius 3 is 2.94 bits per heavy atom. The molecule has 0 aliphatic rings. The molecule has 18 heavy (non-hydrogen) atoms. The Labute approximate surface area is 123 Å². The molecule has 94 valence electrons. The summed E-state index contributed by atoms with van der Waals surface area (Å²) >= 11 is 6.70. The molecule has 0 radical (unpaired) electrons. The maximum absolute atomic E-state index is 5.34. The van der Waals surface area contributed by atoms with E-state index >= 15 is 0 Å². The minimum Gasteiger partial charge on any atom is -0.320 e. The zero-order valence-electron chi connectivity index (χ0n) is 9.67. The number of hydrogen-bond donors (Lipinski definition) is 1. The summed E-state index contributed by atoms with van der Waals surface area (Å²) in [7, 11) is 0. The van der Waals surface area contributed by atoms with E-state index in [0.717, 1.165) is 20.0 Å². The van der Waals surface area contributed by atoms with E-state index in [4.69, 9.17) is 5.73 Å². The molecular weight excluding hydrogens is 302 g/mol. The normalized spacial score (nSPS) is 10.1. The van der Waals surface area contributed by atoms with Gasteiger partial charge in [-0.15, -0.1) is 21.5 Å². The molecule has 3 nitrogen and oxygen atoms in total. The van der Waals surface area contributed by atoms with Crippen molar-refractivity contribution in [1.82, 2.24) is 10.2 Å². The molecule has 0 aliphatic heterocycles. The van der Waals surface area contributed by atoms with Crippen LogP contribution in [0.4, 0.5) is 0 Å². The van der Waals surface area contributed by atoms with Crippen molar-refractivity contribution in [3.63, 3.8) is 0 Å². The van der Waals surface area contributed by atoms with Gasteiger partial charge in [0, 0.05) is 21.6 Å². The van der Waals surface area contributed by atoms with Crippen LogP contribution < -0.4 is 5.73 Å². The number of thioether (sulfide) groups is 2. The molecule has 0 fully saturated rings. The first-order valence-corrected chi connectivity index (χ1v) is 8.99. The third-order valence-corrected chi connectivity index (χ3v) is 6.09. The summed E-state index contributed by atoms with van der Waals surface area (Å²) < 4.78 is 2.03. The number of nitrogens with zero attached hydrogens (tertiary/aromatic N) is 2. The van der Waals surface area contributed by atoms with Gasteiger partial charge in [0.25, 0.3) is 0 Å². The second-order valence-corrected chi connectivity index (χ2v) is 7.38. The van der Waals surface area contributed by atoms with Crippen LogP contribution in [-0.2, 0) is 5.75 Å². The molecule has 0 unspecified atom stereocenters. The van der Waals surface area contributed by atoms with Gasteiger partial charge < -0.3 is 5.73 Å². The average Bonchev–Trinajstić information content (AvgIpc) is 3.03. The van der Waals surface area contributed by atoms with Crippen molar-refractivity contribution in [3.8, 4) is 11.8 Å². The first-order valence-electron chi connectivity index (χ1n) is 5.08. The van der Waals surface area contributed by atoms with Crippen molar-refractivity contribution in [3.05, 3.63) is 21.9 Å². The summed E-state index contributed by atoms with van der Waals surface area (Å²) in [5.41, 5.74) is 6.39. The molecule has 0 aromatic carbocycles. The zero-order valence-corrected chi connectivity index (χ0v) is 12.9. The van der Waals surface area contributed by atoms with Gasteiger partial charge >= 0.3 is 0 Å².